The second kappa shape index (κ2) is 2.85. The molecule has 0 atom stereocenters. The van der Waals surface area contributed by atoms with E-state index in [4.69, 9.17) is 5.84 Å². The van der Waals surface area contributed by atoms with E-state index in [1.165, 1.54) is 0 Å². The van der Waals surface area contributed by atoms with Crippen molar-refractivity contribution in [3.8, 4) is 0 Å². The van der Waals surface area contributed by atoms with Crippen molar-refractivity contribution in [1.82, 2.24) is 9.97 Å². The standard InChI is InChI=1S/C8H13N5/c1-12-4-3-6-7(12)10-5-11-8(6)13(2)9/h5H,3-4,9H2,1-2H3. The minimum absolute atomic E-state index is 0.828. The third-order valence-electron chi connectivity index (χ3n) is 2.29. The third kappa shape index (κ3) is 1.21. The fourth-order valence-electron chi connectivity index (χ4n) is 1.64. The van der Waals surface area contributed by atoms with Gasteiger partial charge in [0.15, 0.2) is 5.82 Å². The van der Waals surface area contributed by atoms with E-state index >= 15 is 0 Å². The van der Waals surface area contributed by atoms with Gasteiger partial charge in [0, 0.05) is 26.2 Å². The number of fused-ring (bicyclic) bond motifs is 1. The quantitative estimate of drug-likeness (QED) is 0.477. The molecular formula is C8H13N5. The molecule has 1 aromatic rings. The third-order valence-corrected chi connectivity index (χ3v) is 2.29. The Morgan fingerprint density at radius 3 is 3.00 bits per heavy atom. The topological polar surface area (TPSA) is 58.3 Å². The molecule has 0 unspecified atom stereocenters. The Balaban J connectivity index is 2.51. The predicted octanol–water partition coefficient (Wildman–Crippen LogP) is -0.221. The number of anilines is 2. The average Bonchev–Trinajstić information content (AvgIpc) is 2.48. The normalized spacial score (nSPS) is 14.5. The summed E-state index contributed by atoms with van der Waals surface area (Å²) in [5, 5.41) is 1.54. The minimum Gasteiger partial charge on any atom is -0.359 e. The van der Waals surface area contributed by atoms with Crippen LogP contribution in [0.2, 0.25) is 0 Å². The number of rotatable bonds is 1. The van der Waals surface area contributed by atoms with E-state index in [0.29, 0.717) is 0 Å². The molecule has 2 N–H and O–H groups in total. The van der Waals surface area contributed by atoms with E-state index in [1.807, 2.05) is 7.05 Å². The van der Waals surface area contributed by atoms with Crippen LogP contribution < -0.4 is 15.8 Å². The maximum atomic E-state index is 5.66. The Kier molecular flexibility index (Phi) is 1.81. The van der Waals surface area contributed by atoms with Crippen molar-refractivity contribution in [3.05, 3.63) is 11.9 Å². The molecule has 0 amide bonds. The Hall–Kier alpha value is -1.36. The van der Waals surface area contributed by atoms with Crippen LogP contribution in [-0.4, -0.2) is 30.6 Å². The summed E-state index contributed by atoms with van der Waals surface area (Å²) in [6.07, 6.45) is 2.53. The van der Waals surface area contributed by atoms with Gasteiger partial charge in [-0.1, -0.05) is 0 Å². The highest BCUT2D eigenvalue weighted by atomic mass is 15.4. The van der Waals surface area contributed by atoms with Crippen molar-refractivity contribution in [3.63, 3.8) is 0 Å². The molecule has 13 heavy (non-hydrogen) atoms. The zero-order valence-electron chi connectivity index (χ0n) is 7.86. The molecule has 0 aliphatic carbocycles. The van der Waals surface area contributed by atoms with Crippen molar-refractivity contribution in [2.24, 2.45) is 5.84 Å². The van der Waals surface area contributed by atoms with Crippen LogP contribution in [0, 0.1) is 0 Å². The first-order chi connectivity index (χ1) is 6.20. The molecule has 0 bridgehead atoms. The van der Waals surface area contributed by atoms with E-state index in [0.717, 1.165) is 30.2 Å². The molecule has 5 nitrogen and oxygen atoms in total. The van der Waals surface area contributed by atoms with Crippen molar-refractivity contribution in [2.45, 2.75) is 6.42 Å². The molecule has 0 aromatic carbocycles. The Morgan fingerprint density at radius 1 is 1.54 bits per heavy atom. The van der Waals surface area contributed by atoms with Crippen LogP contribution in [0.4, 0.5) is 11.6 Å². The monoisotopic (exact) mass is 179 g/mol. The van der Waals surface area contributed by atoms with Gasteiger partial charge < -0.3 is 4.90 Å². The average molecular weight is 179 g/mol. The Labute approximate surface area is 77.2 Å². The molecule has 2 rings (SSSR count). The summed E-state index contributed by atoms with van der Waals surface area (Å²) in [7, 11) is 3.82. The van der Waals surface area contributed by atoms with E-state index in [-0.39, 0.29) is 0 Å². The van der Waals surface area contributed by atoms with Gasteiger partial charge in [0.2, 0.25) is 0 Å². The van der Waals surface area contributed by atoms with Gasteiger partial charge in [0.1, 0.15) is 12.1 Å². The molecule has 0 radical (unpaired) electrons. The molecule has 0 fully saturated rings. The highest BCUT2D eigenvalue weighted by Gasteiger charge is 2.21. The fourth-order valence-corrected chi connectivity index (χ4v) is 1.64. The van der Waals surface area contributed by atoms with Gasteiger partial charge >= 0.3 is 0 Å². The number of nitrogens with zero attached hydrogens (tertiary/aromatic N) is 4. The molecule has 0 saturated heterocycles. The molecule has 70 valence electrons. The van der Waals surface area contributed by atoms with Gasteiger partial charge in [0.05, 0.1) is 0 Å². The van der Waals surface area contributed by atoms with Gasteiger partial charge in [-0.25, -0.2) is 15.8 Å². The highest BCUT2D eigenvalue weighted by molar-refractivity contribution is 5.62. The van der Waals surface area contributed by atoms with Gasteiger partial charge in [0.25, 0.3) is 0 Å². The second-order valence-corrected chi connectivity index (χ2v) is 3.28. The van der Waals surface area contributed by atoms with Gasteiger partial charge in [-0.15, -0.1) is 0 Å². The van der Waals surface area contributed by atoms with Crippen molar-refractivity contribution in [2.75, 3.05) is 30.5 Å². The lowest BCUT2D eigenvalue weighted by molar-refractivity contribution is 0.934. The highest BCUT2D eigenvalue weighted by Crippen LogP contribution is 2.29. The molecule has 0 saturated carbocycles. The molecule has 1 aliphatic heterocycles. The van der Waals surface area contributed by atoms with E-state index < -0.39 is 0 Å². The van der Waals surface area contributed by atoms with Crippen molar-refractivity contribution < 1.29 is 0 Å². The van der Waals surface area contributed by atoms with Crippen LogP contribution in [0.3, 0.4) is 0 Å². The van der Waals surface area contributed by atoms with E-state index in [9.17, 15) is 0 Å². The van der Waals surface area contributed by atoms with Gasteiger partial charge in [-0.3, -0.25) is 5.01 Å². The predicted molar refractivity (Wildman–Crippen MR) is 51.6 cm³/mol. The molecule has 2 heterocycles. The molecular weight excluding hydrogens is 166 g/mol. The van der Waals surface area contributed by atoms with Crippen molar-refractivity contribution >= 4 is 11.6 Å². The van der Waals surface area contributed by atoms with Crippen LogP contribution in [0.5, 0.6) is 0 Å². The van der Waals surface area contributed by atoms with Crippen LogP contribution in [0.15, 0.2) is 6.33 Å². The van der Waals surface area contributed by atoms with Crippen LogP contribution in [0.1, 0.15) is 5.56 Å². The van der Waals surface area contributed by atoms with Crippen LogP contribution in [0.25, 0.3) is 0 Å². The number of nitrogens with two attached hydrogens (primary N) is 1. The van der Waals surface area contributed by atoms with Gasteiger partial charge in [-0.05, 0) is 6.42 Å². The Bertz CT molecular complexity index is 322. The SMILES string of the molecule is CN(N)c1ncnc2c1CCN2C. The summed E-state index contributed by atoms with van der Waals surface area (Å²) in [5.74, 6) is 7.49. The smallest absolute Gasteiger partial charge is 0.151 e. The molecule has 0 spiro atoms. The maximum Gasteiger partial charge on any atom is 0.151 e. The zero-order valence-corrected chi connectivity index (χ0v) is 7.86. The van der Waals surface area contributed by atoms with Crippen LogP contribution in [-0.2, 0) is 6.42 Å². The summed E-state index contributed by atoms with van der Waals surface area (Å²) >= 11 is 0. The maximum absolute atomic E-state index is 5.66. The van der Waals surface area contributed by atoms with Crippen LogP contribution >= 0.6 is 0 Å². The number of likely N-dealkylation sites (N-methyl/N-ethyl adjacent to an activating group) is 1. The molecule has 1 aromatic heterocycles. The lowest BCUT2D eigenvalue weighted by atomic mass is 10.2. The molecule has 5 heteroatoms. The summed E-state index contributed by atoms with van der Waals surface area (Å²) in [4.78, 5) is 10.5. The summed E-state index contributed by atoms with van der Waals surface area (Å²) in [6.45, 7) is 0.995. The molecule has 1 aliphatic rings. The first-order valence-electron chi connectivity index (χ1n) is 4.23. The first-order valence-corrected chi connectivity index (χ1v) is 4.23. The first kappa shape index (κ1) is 8.25. The summed E-state index contributed by atoms with van der Waals surface area (Å²) in [5.41, 5.74) is 1.15. The minimum atomic E-state index is 0.828. The zero-order chi connectivity index (χ0) is 9.42. The lowest BCUT2D eigenvalue weighted by Crippen LogP contribution is -2.27. The van der Waals surface area contributed by atoms with E-state index in [1.54, 1.807) is 18.4 Å². The van der Waals surface area contributed by atoms with Gasteiger partial charge in [-0.2, -0.15) is 0 Å². The summed E-state index contributed by atoms with van der Waals surface area (Å²) < 4.78 is 0. The number of hydrogen-bond acceptors (Lipinski definition) is 5. The Morgan fingerprint density at radius 2 is 2.31 bits per heavy atom. The number of hydrazine groups is 1. The summed E-state index contributed by atoms with van der Waals surface area (Å²) in [6, 6.07) is 0. The van der Waals surface area contributed by atoms with E-state index in [2.05, 4.69) is 14.9 Å². The largest absolute Gasteiger partial charge is 0.359 e. The second-order valence-electron chi connectivity index (χ2n) is 3.28. The fraction of sp³-hybridized carbons (Fsp3) is 0.500. The number of hydrogen-bond donors (Lipinski definition) is 1. The lowest BCUT2D eigenvalue weighted by Gasteiger charge is -2.15. The number of aromatic nitrogens is 2. The van der Waals surface area contributed by atoms with Crippen molar-refractivity contribution in [1.29, 1.82) is 0 Å².